The number of aromatic amines is 1. The van der Waals surface area contributed by atoms with Gasteiger partial charge < -0.3 is 10.1 Å². The first-order valence-electron chi connectivity index (χ1n) is 11.7. The molecule has 9 nitrogen and oxygen atoms in total. The average molecular weight is 465 g/mol. The van der Waals surface area contributed by atoms with Crippen LogP contribution in [-0.2, 0) is 6.42 Å². The van der Waals surface area contributed by atoms with Crippen LogP contribution in [0.25, 0.3) is 11.3 Å². The molecular weight excluding hydrogens is 440 g/mol. The van der Waals surface area contributed by atoms with Gasteiger partial charge in [-0.05, 0) is 43.0 Å². The lowest BCUT2D eigenvalue weighted by Crippen LogP contribution is -2.17. The minimum Gasteiger partial charge on any atom is -0.453 e. The van der Waals surface area contributed by atoms with E-state index in [0.717, 1.165) is 41.1 Å². The number of nitrogens with zero attached hydrogens (tertiary/aromatic N) is 6. The second kappa shape index (κ2) is 9.38. The Morgan fingerprint density at radius 2 is 1.94 bits per heavy atom. The Kier molecular flexibility index (Phi) is 5.64. The molecule has 3 aromatic heterocycles. The summed E-state index contributed by atoms with van der Waals surface area (Å²) in [5, 5.41) is 22.4. The highest BCUT2D eigenvalue weighted by Crippen LogP contribution is 2.38. The summed E-state index contributed by atoms with van der Waals surface area (Å²) in [5.41, 5.74) is 3.86. The lowest BCUT2D eigenvalue weighted by atomic mass is 9.93. The number of anilines is 2. The van der Waals surface area contributed by atoms with Crippen molar-refractivity contribution in [1.29, 1.82) is 0 Å². The van der Waals surface area contributed by atoms with Crippen molar-refractivity contribution in [3.8, 4) is 22.8 Å². The monoisotopic (exact) mass is 464 g/mol. The predicted molar refractivity (Wildman–Crippen MR) is 132 cm³/mol. The molecule has 0 atom stereocenters. The minimum atomic E-state index is 0.448. The molecule has 5 aromatic rings. The molecule has 2 aromatic carbocycles. The summed E-state index contributed by atoms with van der Waals surface area (Å²) in [7, 11) is 0. The number of benzene rings is 2. The van der Waals surface area contributed by atoms with E-state index in [9.17, 15) is 0 Å². The molecule has 35 heavy (non-hydrogen) atoms. The molecule has 1 saturated carbocycles. The number of H-pyrrole nitrogens is 1. The van der Waals surface area contributed by atoms with Crippen LogP contribution in [0.1, 0.15) is 36.7 Å². The van der Waals surface area contributed by atoms with Crippen LogP contribution < -0.4 is 10.1 Å². The molecule has 1 aliphatic carbocycles. The molecule has 0 amide bonds. The number of ether oxygens (including phenoxy) is 1. The van der Waals surface area contributed by atoms with Crippen molar-refractivity contribution in [2.24, 2.45) is 0 Å². The van der Waals surface area contributed by atoms with Gasteiger partial charge in [0.05, 0.1) is 12.2 Å². The fraction of sp³-hybridized carbons (Fsp3) is 0.192. The highest BCUT2D eigenvalue weighted by molar-refractivity contribution is 5.66. The summed E-state index contributed by atoms with van der Waals surface area (Å²) in [6, 6.07) is 22.4. The Morgan fingerprint density at radius 1 is 1.03 bits per heavy atom. The molecule has 0 radical (unpaired) electrons. The largest absolute Gasteiger partial charge is 0.453 e. The van der Waals surface area contributed by atoms with E-state index in [2.05, 4.69) is 47.7 Å². The highest BCUT2D eigenvalue weighted by Gasteiger charge is 2.23. The molecule has 0 saturated heterocycles. The minimum absolute atomic E-state index is 0.448. The van der Waals surface area contributed by atoms with Gasteiger partial charge in [-0.25, -0.2) is 4.98 Å². The van der Waals surface area contributed by atoms with Crippen LogP contribution in [0.4, 0.5) is 11.5 Å². The van der Waals surface area contributed by atoms with Gasteiger partial charge in [-0.1, -0.05) is 47.7 Å². The fourth-order valence-electron chi connectivity index (χ4n) is 4.10. The van der Waals surface area contributed by atoms with Crippen molar-refractivity contribution in [2.75, 3.05) is 5.32 Å². The van der Waals surface area contributed by atoms with E-state index in [4.69, 9.17) is 9.84 Å². The van der Waals surface area contributed by atoms with Crippen molar-refractivity contribution in [3.63, 3.8) is 0 Å². The molecule has 1 fully saturated rings. The summed E-state index contributed by atoms with van der Waals surface area (Å²) in [4.78, 5) is 4.47. The number of hydrogen-bond acceptors (Lipinski definition) is 7. The second-order valence-electron chi connectivity index (χ2n) is 8.58. The molecular formula is C26H24N8O. The van der Waals surface area contributed by atoms with E-state index in [1.54, 1.807) is 6.20 Å². The molecule has 174 valence electrons. The van der Waals surface area contributed by atoms with Gasteiger partial charge in [0.1, 0.15) is 17.3 Å². The van der Waals surface area contributed by atoms with E-state index in [1.165, 1.54) is 6.42 Å². The van der Waals surface area contributed by atoms with Gasteiger partial charge in [-0.2, -0.15) is 10.3 Å². The van der Waals surface area contributed by atoms with Gasteiger partial charge in [0, 0.05) is 29.9 Å². The Balaban J connectivity index is 1.23. The lowest BCUT2D eigenvalue weighted by Gasteiger charge is -2.25. The van der Waals surface area contributed by atoms with E-state index in [1.807, 2.05) is 60.8 Å². The molecule has 6 rings (SSSR count). The average Bonchev–Trinajstić information content (AvgIpc) is 3.49. The molecule has 0 aliphatic heterocycles. The van der Waals surface area contributed by atoms with Crippen molar-refractivity contribution < 1.29 is 4.74 Å². The Bertz CT molecular complexity index is 1410. The van der Waals surface area contributed by atoms with Crippen LogP contribution in [0.5, 0.6) is 11.5 Å². The van der Waals surface area contributed by atoms with Crippen molar-refractivity contribution in [1.82, 2.24) is 35.4 Å². The maximum atomic E-state index is 6.35. The van der Waals surface area contributed by atoms with E-state index in [-0.39, 0.29) is 0 Å². The first-order valence-corrected chi connectivity index (χ1v) is 11.7. The van der Waals surface area contributed by atoms with Gasteiger partial charge in [0.25, 0.3) is 0 Å². The summed E-state index contributed by atoms with van der Waals surface area (Å²) in [6.45, 7) is 0. The zero-order valence-electron chi connectivity index (χ0n) is 19.0. The summed E-state index contributed by atoms with van der Waals surface area (Å²) in [6.07, 6.45) is 7.91. The Morgan fingerprint density at radius 3 is 2.74 bits per heavy atom. The molecule has 0 bridgehead atoms. The number of tetrazole rings is 1. The van der Waals surface area contributed by atoms with Crippen LogP contribution >= 0.6 is 0 Å². The maximum absolute atomic E-state index is 6.35. The number of hydrogen-bond donors (Lipinski definition) is 2. The predicted octanol–water partition coefficient (Wildman–Crippen LogP) is 5.31. The first-order chi connectivity index (χ1) is 17.3. The molecule has 1 aliphatic rings. The number of aromatic nitrogens is 7. The maximum Gasteiger partial charge on any atom is 0.178 e. The van der Waals surface area contributed by atoms with E-state index in [0.29, 0.717) is 29.9 Å². The van der Waals surface area contributed by atoms with Gasteiger partial charge in [-0.3, -0.25) is 4.68 Å². The lowest BCUT2D eigenvalue weighted by molar-refractivity contribution is 0.289. The first kappa shape index (κ1) is 21.0. The number of rotatable bonds is 8. The SMILES string of the molecule is c1ccc(-c2nn(C3CCC3)cc2Oc2ccnc(Nc3cccc(Cc4nn[nH]n4)c3)c2)cc1. The molecule has 0 spiro atoms. The highest BCUT2D eigenvalue weighted by atomic mass is 16.5. The normalized spacial score (nSPS) is 13.4. The van der Waals surface area contributed by atoms with Crippen LogP contribution in [0, 0.1) is 0 Å². The van der Waals surface area contributed by atoms with E-state index < -0.39 is 0 Å². The Hall–Kier alpha value is -4.53. The third-order valence-corrected chi connectivity index (χ3v) is 6.10. The third-order valence-electron chi connectivity index (χ3n) is 6.10. The standard InChI is InChI=1S/C26H24N8O/c1-2-7-19(8-3-1)26-23(17-34(31-26)21-10-5-11-21)35-22-12-13-27-24(16-22)28-20-9-4-6-18(14-20)15-25-29-32-33-30-25/h1-4,6-9,12-14,16-17,21H,5,10-11,15H2,(H,27,28)(H,29,30,32,33). The number of pyridine rings is 1. The van der Waals surface area contributed by atoms with Crippen LogP contribution in [-0.4, -0.2) is 35.4 Å². The summed E-state index contributed by atoms with van der Waals surface area (Å²) < 4.78 is 8.40. The molecule has 0 unspecified atom stereocenters. The molecule has 3 heterocycles. The topological polar surface area (TPSA) is 106 Å². The quantitative estimate of drug-likeness (QED) is 0.320. The summed E-state index contributed by atoms with van der Waals surface area (Å²) in [5.74, 6) is 2.76. The molecule has 9 heteroatoms. The van der Waals surface area contributed by atoms with Crippen LogP contribution in [0.2, 0.25) is 0 Å². The van der Waals surface area contributed by atoms with E-state index >= 15 is 0 Å². The third kappa shape index (κ3) is 4.74. The van der Waals surface area contributed by atoms with Crippen LogP contribution in [0.3, 0.4) is 0 Å². The zero-order chi connectivity index (χ0) is 23.5. The van der Waals surface area contributed by atoms with Gasteiger partial charge in [0.2, 0.25) is 0 Å². The number of nitrogens with one attached hydrogen (secondary N) is 2. The zero-order valence-corrected chi connectivity index (χ0v) is 19.0. The van der Waals surface area contributed by atoms with Gasteiger partial charge in [0.15, 0.2) is 11.6 Å². The second-order valence-corrected chi connectivity index (χ2v) is 8.58. The Labute approximate surface area is 202 Å². The summed E-state index contributed by atoms with van der Waals surface area (Å²) >= 11 is 0. The van der Waals surface area contributed by atoms with Crippen LogP contribution in [0.15, 0.2) is 79.1 Å². The fourth-order valence-corrected chi connectivity index (χ4v) is 4.10. The van der Waals surface area contributed by atoms with Gasteiger partial charge in [-0.15, -0.1) is 10.2 Å². The molecule has 2 N–H and O–H groups in total. The van der Waals surface area contributed by atoms with Crippen molar-refractivity contribution >= 4 is 11.5 Å². The smallest absolute Gasteiger partial charge is 0.178 e. The van der Waals surface area contributed by atoms with Gasteiger partial charge >= 0.3 is 0 Å². The van der Waals surface area contributed by atoms with Crippen molar-refractivity contribution in [2.45, 2.75) is 31.7 Å². The van der Waals surface area contributed by atoms with Crippen molar-refractivity contribution in [3.05, 3.63) is 90.5 Å².